The molecule has 0 bridgehead atoms. The van der Waals surface area contributed by atoms with E-state index in [2.05, 4.69) is 4.99 Å². The molecule has 2 saturated carbocycles. The van der Waals surface area contributed by atoms with Gasteiger partial charge in [-0.2, -0.15) is 0 Å². The Kier molecular flexibility index (Phi) is 1.56. The molecule has 2 atom stereocenters. The number of carbonyl (C=O) groups is 1. The molecule has 14 heavy (non-hydrogen) atoms. The Labute approximate surface area is 83.2 Å². The van der Waals surface area contributed by atoms with E-state index in [4.69, 9.17) is 5.11 Å². The molecule has 1 spiro atoms. The van der Waals surface area contributed by atoms with Crippen molar-refractivity contribution in [3.8, 4) is 0 Å². The highest BCUT2D eigenvalue weighted by Gasteiger charge is 2.51. The number of hydrogen-bond acceptors (Lipinski definition) is 2. The van der Waals surface area contributed by atoms with Crippen molar-refractivity contribution in [3.63, 3.8) is 0 Å². The lowest BCUT2D eigenvalue weighted by atomic mass is 9.72. The van der Waals surface area contributed by atoms with Crippen LogP contribution in [0.25, 0.3) is 0 Å². The fraction of sp³-hybridized carbons (Fsp3) is 0.818. The normalized spacial score (nSPS) is 37.9. The molecule has 1 aliphatic heterocycles. The summed E-state index contributed by atoms with van der Waals surface area (Å²) in [4.78, 5) is 15.1. The third-order valence-electron chi connectivity index (χ3n) is 4.29. The van der Waals surface area contributed by atoms with Crippen molar-refractivity contribution in [3.05, 3.63) is 0 Å². The maximum atomic E-state index is 11.0. The van der Waals surface area contributed by atoms with Gasteiger partial charge in [-0.3, -0.25) is 4.99 Å². The van der Waals surface area contributed by atoms with Crippen LogP contribution in [0.2, 0.25) is 0 Å². The molecule has 1 heterocycles. The van der Waals surface area contributed by atoms with E-state index in [-0.39, 0.29) is 5.92 Å². The van der Waals surface area contributed by atoms with Gasteiger partial charge in [0.25, 0.3) is 0 Å². The smallest absolute Gasteiger partial charge is 0.350 e. The van der Waals surface area contributed by atoms with E-state index in [1.165, 1.54) is 25.7 Å². The summed E-state index contributed by atoms with van der Waals surface area (Å²) in [7, 11) is 0. The van der Waals surface area contributed by atoms with Gasteiger partial charge in [0.2, 0.25) is 0 Å². The Balaban J connectivity index is 1.82. The maximum absolute atomic E-state index is 11.0. The molecule has 0 radical (unpaired) electrons. The van der Waals surface area contributed by atoms with E-state index >= 15 is 0 Å². The fourth-order valence-electron chi connectivity index (χ4n) is 3.16. The molecule has 3 rings (SSSR count). The highest BCUT2D eigenvalue weighted by Crippen LogP contribution is 2.59. The Morgan fingerprint density at radius 3 is 2.86 bits per heavy atom. The van der Waals surface area contributed by atoms with Crippen LogP contribution in [0.15, 0.2) is 4.99 Å². The topological polar surface area (TPSA) is 49.7 Å². The second-order valence-corrected chi connectivity index (χ2v) is 5.14. The summed E-state index contributed by atoms with van der Waals surface area (Å²) in [6, 6.07) is 0. The standard InChI is InChI=1S/C11H15NO2/c13-10(14)9-8-5-11(3-4-11)2-1-7(8)6-12-9/h7-8H,1-6H2,(H,13,14). The van der Waals surface area contributed by atoms with Crippen LogP contribution in [-0.2, 0) is 4.79 Å². The second kappa shape index (κ2) is 2.59. The Hall–Kier alpha value is -0.860. The molecule has 2 unspecified atom stereocenters. The molecule has 0 aromatic rings. The van der Waals surface area contributed by atoms with Gasteiger partial charge in [-0.25, -0.2) is 4.79 Å². The lowest BCUT2D eigenvalue weighted by Gasteiger charge is -2.31. The van der Waals surface area contributed by atoms with Crippen molar-refractivity contribution >= 4 is 11.7 Å². The summed E-state index contributed by atoms with van der Waals surface area (Å²) in [6.07, 6.45) is 6.26. The number of carboxylic acid groups (broad SMARTS) is 1. The quantitative estimate of drug-likeness (QED) is 0.689. The van der Waals surface area contributed by atoms with Gasteiger partial charge in [-0.05, 0) is 43.4 Å². The van der Waals surface area contributed by atoms with Gasteiger partial charge in [0, 0.05) is 12.5 Å². The third kappa shape index (κ3) is 1.11. The first-order valence-corrected chi connectivity index (χ1v) is 5.48. The minimum Gasteiger partial charge on any atom is -0.477 e. The fourth-order valence-corrected chi connectivity index (χ4v) is 3.16. The molecular formula is C11H15NO2. The summed E-state index contributed by atoms with van der Waals surface area (Å²) in [5.74, 6) is 0.0475. The van der Waals surface area contributed by atoms with E-state index in [1.54, 1.807) is 0 Å². The molecule has 76 valence electrons. The van der Waals surface area contributed by atoms with Gasteiger partial charge < -0.3 is 5.11 Å². The molecule has 3 aliphatic rings. The molecule has 2 aliphatic carbocycles. The van der Waals surface area contributed by atoms with E-state index in [1.807, 2.05) is 0 Å². The average molecular weight is 193 g/mol. The zero-order valence-electron chi connectivity index (χ0n) is 8.20. The van der Waals surface area contributed by atoms with Crippen molar-refractivity contribution in [2.24, 2.45) is 22.2 Å². The van der Waals surface area contributed by atoms with Gasteiger partial charge in [0.05, 0.1) is 0 Å². The summed E-state index contributed by atoms with van der Waals surface area (Å²) >= 11 is 0. The first kappa shape index (κ1) is 8.45. The van der Waals surface area contributed by atoms with Crippen LogP contribution < -0.4 is 0 Å². The van der Waals surface area contributed by atoms with Crippen LogP contribution in [0.3, 0.4) is 0 Å². The molecule has 3 nitrogen and oxygen atoms in total. The molecule has 2 fully saturated rings. The monoisotopic (exact) mass is 193 g/mol. The average Bonchev–Trinajstić information content (AvgIpc) is 2.77. The van der Waals surface area contributed by atoms with E-state index in [0.717, 1.165) is 13.0 Å². The molecule has 0 amide bonds. The number of aliphatic carboxylic acids is 1. The molecular weight excluding hydrogens is 178 g/mol. The Morgan fingerprint density at radius 2 is 2.21 bits per heavy atom. The number of carboxylic acids is 1. The predicted molar refractivity (Wildman–Crippen MR) is 52.4 cm³/mol. The van der Waals surface area contributed by atoms with Crippen LogP contribution in [0, 0.1) is 17.3 Å². The molecule has 0 aromatic heterocycles. The zero-order valence-corrected chi connectivity index (χ0v) is 8.20. The number of aliphatic imine (C=N–C) groups is 1. The van der Waals surface area contributed by atoms with Crippen LogP contribution in [0.4, 0.5) is 0 Å². The minimum absolute atomic E-state index is 0.281. The van der Waals surface area contributed by atoms with Gasteiger partial charge >= 0.3 is 5.97 Å². The Morgan fingerprint density at radius 1 is 1.43 bits per heavy atom. The summed E-state index contributed by atoms with van der Waals surface area (Å²) in [6.45, 7) is 0.766. The van der Waals surface area contributed by atoms with Crippen molar-refractivity contribution in [1.29, 1.82) is 0 Å². The maximum Gasteiger partial charge on any atom is 0.350 e. The van der Waals surface area contributed by atoms with Crippen LogP contribution in [0.5, 0.6) is 0 Å². The van der Waals surface area contributed by atoms with E-state index < -0.39 is 5.97 Å². The summed E-state index contributed by atoms with van der Waals surface area (Å²) in [5.41, 5.74) is 1.02. The number of hydrogen-bond donors (Lipinski definition) is 1. The molecule has 0 saturated heterocycles. The molecule has 1 N–H and O–H groups in total. The molecule has 3 heteroatoms. The highest BCUT2D eigenvalue weighted by molar-refractivity contribution is 6.37. The first-order chi connectivity index (χ1) is 6.70. The van der Waals surface area contributed by atoms with Gasteiger partial charge in [-0.1, -0.05) is 0 Å². The molecule has 0 aromatic carbocycles. The van der Waals surface area contributed by atoms with Crippen LogP contribution in [-0.4, -0.2) is 23.3 Å². The van der Waals surface area contributed by atoms with Crippen LogP contribution >= 0.6 is 0 Å². The lowest BCUT2D eigenvalue weighted by Crippen LogP contribution is -2.32. The number of rotatable bonds is 1. The van der Waals surface area contributed by atoms with Gasteiger partial charge in [-0.15, -0.1) is 0 Å². The largest absolute Gasteiger partial charge is 0.477 e. The SMILES string of the molecule is O=C(O)C1=NCC2CCC3(CC3)CC12. The third-order valence-corrected chi connectivity index (χ3v) is 4.29. The van der Waals surface area contributed by atoms with Crippen molar-refractivity contribution in [2.45, 2.75) is 32.1 Å². The number of nitrogens with zero attached hydrogens (tertiary/aromatic N) is 1. The Bertz CT molecular complexity index is 317. The first-order valence-electron chi connectivity index (χ1n) is 5.48. The van der Waals surface area contributed by atoms with E-state index in [9.17, 15) is 4.79 Å². The summed E-state index contributed by atoms with van der Waals surface area (Å²) in [5, 5.41) is 9.01. The van der Waals surface area contributed by atoms with E-state index in [0.29, 0.717) is 17.0 Å². The van der Waals surface area contributed by atoms with Gasteiger partial charge in [0.15, 0.2) is 0 Å². The van der Waals surface area contributed by atoms with Gasteiger partial charge in [0.1, 0.15) is 5.71 Å². The lowest BCUT2D eigenvalue weighted by molar-refractivity contribution is -0.129. The second-order valence-electron chi connectivity index (χ2n) is 5.14. The van der Waals surface area contributed by atoms with Crippen LogP contribution in [0.1, 0.15) is 32.1 Å². The number of fused-ring (bicyclic) bond motifs is 1. The summed E-state index contributed by atoms with van der Waals surface area (Å²) < 4.78 is 0. The van der Waals surface area contributed by atoms with Crippen molar-refractivity contribution < 1.29 is 9.90 Å². The van der Waals surface area contributed by atoms with Crippen molar-refractivity contribution in [2.75, 3.05) is 6.54 Å². The predicted octanol–water partition coefficient (Wildman–Crippen LogP) is 1.72. The highest BCUT2D eigenvalue weighted by atomic mass is 16.4. The van der Waals surface area contributed by atoms with Crippen molar-refractivity contribution in [1.82, 2.24) is 0 Å². The zero-order chi connectivity index (χ0) is 9.76. The minimum atomic E-state index is -0.782.